The highest BCUT2D eigenvalue weighted by molar-refractivity contribution is 6.40. The van der Waals surface area contributed by atoms with Crippen LogP contribution in [0.3, 0.4) is 0 Å². The van der Waals surface area contributed by atoms with Crippen LogP contribution in [0.25, 0.3) is 0 Å². The van der Waals surface area contributed by atoms with E-state index in [1.54, 1.807) is 13.8 Å². The molecule has 0 bridgehead atoms. The fourth-order valence-corrected chi connectivity index (χ4v) is 1.39. The molecule has 0 fully saturated rings. The third-order valence-corrected chi connectivity index (χ3v) is 2.73. The fourth-order valence-electron chi connectivity index (χ4n) is 1.39. The summed E-state index contributed by atoms with van der Waals surface area (Å²) in [6.45, 7) is 3.55. The molecule has 0 saturated heterocycles. The van der Waals surface area contributed by atoms with E-state index in [1.165, 1.54) is 0 Å². The lowest BCUT2D eigenvalue weighted by atomic mass is 9.79. The summed E-state index contributed by atoms with van der Waals surface area (Å²) >= 11 is 0. The van der Waals surface area contributed by atoms with Gasteiger partial charge in [0.05, 0.1) is 0 Å². The number of hydrogen-bond acceptors (Lipinski definition) is 4. The zero-order valence-electron chi connectivity index (χ0n) is 9.31. The van der Waals surface area contributed by atoms with Crippen molar-refractivity contribution in [2.45, 2.75) is 45.0 Å². The molecule has 88 valence electrons. The number of carbonyl (C=O) groups is 1. The Balaban J connectivity index is 4.04. The summed E-state index contributed by atoms with van der Waals surface area (Å²) in [6.07, 6.45) is 1.76. The summed E-state index contributed by atoms with van der Waals surface area (Å²) in [5.41, 5.74) is 4.57. The number of hydrogen-bond donors (Lipinski definition) is 4. The Kier molecular flexibility index (Phi) is 5.86. The van der Waals surface area contributed by atoms with E-state index in [2.05, 4.69) is 0 Å². The van der Waals surface area contributed by atoms with Crippen molar-refractivity contribution in [3.63, 3.8) is 0 Å². The number of aliphatic carboxylic acids is 1. The Morgan fingerprint density at radius 1 is 1.40 bits per heavy atom. The van der Waals surface area contributed by atoms with E-state index in [0.29, 0.717) is 19.3 Å². The SMILES string of the molecule is CC(C)[C@@](N)(CCCCB(O)O)C(=O)O. The third-order valence-electron chi connectivity index (χ3n) is 2.73. The van der Waals surface area contributed by atoms with Gasteiger partial charge in [0.1, 0.15) is 5.54 Å². The van der Waals surface area contributed by atoms with E-state index >= 15 is 0 Å². The third kappa shape index (κ3) is 4.64. The largest absolute Gasteiger partial charge is 0.480 e. The molecule has 0 saturated carbocycles. The van der Waals surface area contributed by atoms with E-state index < -0.39 is 18.6 Å². The summed E-state index contributed by atoms with van der Waals surface area (Å²) in [6, 6.07) is 0. The second-order valence-electron chi connectivity index (χ2n) is 4.23. The number of nitrogens with two attached hydrogens (primary N) is 1. The van der Waals surface area contributed by atoms with Crippen LogP contribution in [0.2, 0.25) is 6.32 Å². The average molecular weight is 217 g/mol. The van der Waals surface area contributed by atoms with E-state index in [1.807, 2.05) is 0 Å². The number of unbranched alkanes of at least 4 members (excludes halogenated alkanes) is 1. The molecule has 0 aromatic carbocycles. The van der Waals surface area contributed by atoms with Gasteiger partial charge >= 0.3 is 13.1 Å². The molecule has 5 N–H and O–H groups in total. The van der Waals surface area contributed by atoms with Crippen molar-refractivity contribution in [1.82, 2.24) is 0 Å². The van der Waals surface area contributed by atoms with Gasteiger partial charge in [-0.2, -0.15) is 0 Å². The van der Waals surface area contributed by atoms with Gasteiger partial charge in [-0.15, -0.1) is 0 Å². The van der Waals surface area contributed by atoms with Gasteiger partial charge in [0.2, 0.25) is 0 Å². The van der Waals surface area contributed by atoms with Crippen LogP contribution in [0.4, 0.5) is 0 Å². The van der Waals surface area contributed by atoms with Crippen LogP contribution in [0.15, 0.2) is 0 Å². The van der Waals surface area contributed by atoms with E-state index in [4.69, 9.17) is 20.9 Å². The van der Waals surface area contributed by atoms with Crippen LogP contribution in [0, 0.1) is 5.92 Å². The quantitative estimate of drug-likeness (QED) is 0.356. The lowest BCUT2D eigenvalue weighted by Gasteiger charge is -2.28. The van der Waals surface area contributed by atoms with Crippen molar-refractivity contribution in [2.24, 2.45) is 11.7 Å². The van der Waals surface area contributed by atoms with Crippen LogP contribution < -0.4 is 5.73 Å². The van der Waals surface area contributed by atoms with Gasteiger partial charge in [0, 0.05) is 0 Å². The second-order valence-corrected chi connectivity index (χ2v) is 4.23. The topological polar surface area (TPSA) is 104 Å². The van der Waals surface area contributed by atoms with Gasteiger partial charge in [-0.25, -0.2) is 0 Å². The first-order valence-corrected chi connectivity index (χ1v) is 5.19. The van der Waals surface area contributed by atoms with Gasteiger partial charge in [0.25, 0.3) is 0 Å². The normalized spacial score (nSPS) is 15.1. The molecule has 1 atom stereocenters. The Morgan fingerprint density at radius 3 is 2.27 bits per heavy atom. The maximum Gasteiger partial charge on any atom is 0.451 e. The molecule has 0 rings (SSSR count). The summed E-state index contributed by atoms with van der Waals surface area (Å²) in [5, 5.41) is 26.2. The Bertz CT molecular complexity index is 210. The minimum absolute atomic E-state index is 0.144. The van der Waals surface area contributed by atoms with Gasteiger partial charge in [-0.1, -0.05) is 26.7 Å². The lowest BCUT2D eigenvalue weighted by Crippen LogP contribution is -2.52. The van der Waals surface area contributed by atoms with Crippen LogP contribution in [-0.2, 0) is 4.79 Å². The van der Waals surface area contributed by atoms with Crippen molar-refractivity contribution in [3.05, 3.63) is 0 Å². The number of carboxylic acids is 1. The van der Waals surface area contributed by atoms with Crippen molar-refractivity contribution in [3.8, 4) is 0 Å². The predicted octanol–water partition coefficient (Wildman–Crippen LogP) is 0.0676. The molecule has 0 aliphatic carbocycles. The molecule has 0 aromatic heterocycles. The van der Waals surface area contributed by atoms with Crippen LogP contribution >= 0.6 is 0 Å². The van der Waals surface area contributed by atoms with Crippen molar-refractivity contribution >= 4 is 13.1 Å². The highest BCUT2D eigenvalue weighted by Crippen LogP contribution is 2.21. The molecule has 0 aliphatic rings. The monoisotopic (exact) mass is 217 g/mol. The molecular formula is C9H20BNO4. The zero-order chi connectivity index (χ0) is 12.1. The number of carboxylic acid groups (broad SMARTS) is 1. The molecule has 0 aromatic rings. The van der Waals surface area contributed by atoms with Crippen molar-refractivity contribution < 1.29 is 19.9 Å². The Morgan fingerprint density at radius 2 is 1.93 bits per heavy atom. The average Bonchev–Trinajstić information content (AvgIpc) is 2.10. The second kappa shape index (κ2) is 6.10. The Labute approximate surface area is 90.4 Å². The van der Waals surface area contributed by atoms with Gasteiger partial charge in [-0.05, 0) is 18.7 Å². The van der Waals surface area contributed by atoms with E-state index in [-0.39, 0.29) is 12.2 Å². The first-order chi connectivity index (χ1) is 6.80. The highest BCUT2D eigenvalue weighted by atomic mass is 16.4. The molecule has 0 amide bonds. The number of rotatable bonds is 7. The highest BCUT2D eigenvalue weighted by Gasteiger charge is 2.36. The van der Waals surface area contributed by atoms with Gasteiger partial charge in [-0.3, -0.25) is 4.79 Å². The summed E-state index contributed by atoms with van der Waals surface area (Å²) in [7, 11) is -1.32. The molecule has 0 spiro atoms. The summed E-state index contributed by atoms with van der Waals surface area (Å²) < 4.78 is 0. The first kappa shape index (κ1) is 14.4. The fraction of sp³-hybridized carbons (Fsp3) is 0.889. The van der Waals surface area contributed by atoms with Crippen LogP contribution in [0.1, 0.15) is 33.1 Å². The maximum atomic E-state index is 11.0. The van der Waals surface area contributed by atoms with Crippen LogP contribution in [-0.4, -0.2) is 33.8 Å². The molecule has 6 heteroatoms. The maximum absolute atomic E-state index is 11.0. The lowest BCUT2D eigenvalue weighted by molar-refractivity contribution is -0.145. The van der Waals surface area contributed by atoms with Gasteiger partial charge in [0.15, 0.2) is 0 Å². The summed E-state index contributed by atoms with van der Waals surface area (Å²) in [5.74, 6) is -1.14. The molecular weight excluding hydrogens is 197 g/mol. The first-order valence-electron chi connectivity index (χ1n) is 5.19. The molecule has 0 unspecified atom stereocenters. The zero-order valence-corrected chi connectivity index (χ0v) is 9.31. The van der Waals surface area contributed by atoms with Crippen LogP contribution in [0.5, 0.6) is 0 Å². The molecule has 15 heavy (non-hydrogen) atoms. The Hall–Kier alpha value is -0.585. The smallest absolute Gasteiger partial charge is 0.451 e. The standard InChI is InChI=1S/C9H20BNO4/c1-7(2)9(11,8(12)13)5-3-4-6-10(14)15/h7,14-15H,3-6,11H2,1-2H3,(H,12,13)/t9-/m0/s1. The molecule has 0 heterocycles. The van der Waals surface area contributed by atoms with E-state index in [0.717, 1.165) is 0 Å². The summed E-state index contributed by atoms with van der Waals surface area (Å²) in [4.78, 5) is 11.0. The molecule has 5 nitrogen and oxygen atoms in total. The van der Waals surface area contributed by atoms with Crippen molar-refractivity contribution in [2.75, 3.05) is 0 Å². The minimum Gasteiger partial charge on any atom is -0.480 e. The minimum atomic E-state index is -1.32. The molecule has 0 aliphatic heterocycles. The van der Waals surface area contributed by atoms with E-state index in [9.17, 15) is 4.79 Å². The van der Waals surface area contributed by atoms with Crippen molar-refractivity contribution in [1.29, 1.82) is 0 Å². The molecule has 0 radical (unpaired) electrons. The van der Waals surface area contributed by atoms with Gasteiger partial charge < -0.3 is 20.9 Å². The predicted molar refractivity (Wildman–Crippen MR) is 58.2 cm³/mol.